The Kier molecular flexibility index (Phi) is 3.68. The Morgan fingerprint density at radius 3 is 2.62 bits per heavy atom. The summed E-state index contributed by atoms with van der Waals surface area (Å²) in [4.78, 5) is 24.2. The summed E-state index contributed by atoms with van der Waals surface area (Å²) >= 11 is 0. The molecule has 2 saturated heterocycles. The molecule has 0 aromatic rings. The van der Waals surface area contributed by atoms with Crippen molar-refractivity contribution in [1.29, 1.82) is 0 Å². The first-order chi connectivity index (χ1) is 12.1. The zero-order valence-corrected chi connectivity index (χ0v) is 14.9. The highest BCUT2D eigenvalue weighted by Gasteiger charge is 2.75. The minimum absolute atomic E-state index is 0.199. The number of aliphatic hydroxyl groups is 2. The summed E-state index contributed by atoms with van der Waals surface area (Å²) in [6, 6.07) is 0. The van der Waals surface area contributed by atoms with Gasteiger partial charge in [0.2, 0.25) is 0 Å². The minimum Gasteiger partial charge on any atom is -0.458 e. The standard InChI is InChI=1S/C19H24O7/c1-8(2)16(22)25-12-5-11(21)19(7-24-19)15-14-13(9(3)17(23)26-14)10(20)6-18(12,15)4/h10-15,20-21H,1,3,5-7H2,2,4H3/t10-,11-,12-,13+,14-,15+,18-,19-/m0/s1. The van der Waals surface area contributed by atoms with Crippen molar-refractivity contribution in [2.24, 2.45) is 17.3 Å². The summed E-state index contributed by atoms with van der Waals surface area (Å²) in [5.41, 5.74) is -1.05. The number of hydrogen-bond acceptors (Lipinski definition) is 7. The molecule has 2 heterocycles. The summed E-state index contributed by atoms with van der Waals surface area (Å²) < 4.78 is 16.9. The number of ether oxygens (including phenoxy) is 3. The molecule has 2 aliphatic heterocycles. The fourth-order valence-corrected chi connectivity index (χ4v) is 5.33. The number of carbonyl (C=O) groups excluding carboxylic acids is 2. The van der Waals surface area contributed by atoms with Crippen molar-refractivity contribution in [2.75, 3.05) is 6.61 Å². The highest BCUT2D eigenvalue weighted by Crippen LogP contribution is 2.63. The Bertz CT molecular complexity index is 709. The summed E-state index contributed by atoms with van der Waals surface area (Å²) in [7, 11) is 0. The zero-order chi connectivity index (χ0) is 19.0. The van der Waals surface area contributed by atoms with E-state index >= 15 is 0 Å². The van der Waals surface area contributed by atoms with Crippen molar-refractivity contribution in [3.8, 4) is 0 Å². The lowest BCUT2D eigenvalue weighted by Crippen LogP contribution is -2.67. The Balaban J connectivity index is 1.75. The minimum atomic E-state index is -0.855. The number of fused-ring (bicyclic) bond motifs is 4. The van der Waals surface area contributed by atoms with Gasteiger partial charge >= 0.3 is 11.9 Å². The summed E-state index contributed by atoms with van der Waals surface area (Å²) in [6.07, 6.45) is -2.52. The van der Waals surface area contributed by atoms with E-state index in [4.69, 9.17) is 14.2 Å². The van der Waals surface area contributed by atoms with E-state index in [-0.39, 0.29) is 17.6 Å². The molecule has 0 unspecified atom stereocenters. The van der Waals surface area contributed by atoms with Gasteiger partial charge in [-0.2, -0.15) is 0 Å². The Morgan fingerprint density at radius 2 is 2.04 bits per heavy atom. The van der Waals surface area contributed by atoms with Crippen molar-refractivity contribution >= 4 is 11.9 Å². The molecular formula is C19H24O7. The second-order valence-electron chi connectivity index (χ2n) is 8.35. The van der Waals surface area contributed by atoms with Gasteiger partial charge in [0.25, 0.3) is 0 Å². The molecule has 7 nitrogen and oxygen atoms in total. The molecule has 0 aromatic heterocycles. The van der Waals surface area contributed by atoms with Gasteiger partial charge in [-0.1, -0.05) is 20.1 Å². The Morgan fingerprint density at radius 1 is 1.38 bits per heavy atom. The summed E-state index contributed by atoms with van der Waals surface area (Å²) in [5, 5.41) is 21.5. The van der Waals surface area contributed by atoms with Crippen LogP contribution in [0.2, 0.25) is 0 Å². The first kappa shape index (κ1) is 17.7. The zero-order valence-electron chi connectivity index (χ0n) is 14.9. The molecule has 2 saturated carbocycles. The lowest BCUT2D eigenvalue weighted by molar-refractivity contribution is -0.221. The maximum absolute atomic E-state index is 12.1. The Hall–Kier alpha value is -1.70. The van der Waals surface area contributed by atoms with Crippen molar-refractivity contribution in [3.05, 3.63) is 24.3 Å². The smallest absolute Gasteiger partial charge is 0.334 e. The van der Waals surface area contributed by atoms with Crippen LogP contribution < -0.4 is 0 Å². The summed E-state index contributed by atoms with van der Waals surface area (Å²) in [5.74, 6) is -2.02. The number of rotatable bonds is 2. The van der Waals surface area contributed by atoms with Gasteiger partial charge in [-0.3, -0.25) is 0 Å². The van der Waals surface area contributed by atoms with Crippen molar-refractivity contribution in [1.82, 2.24) is 0 Å². The second-order valence-corrected chi connectivity index (χ2v) is 8.35. The molecule has 0 amide bonds. The molecule has 4 rings (SSSR count). The van der Waals surface area contributed by atoms with Gasteiger partial charge in [-0.15, -0.1) is 0 Å². The maximum Gasteiger partial charge on any atom is 0.334 e. The van der Waals surface area contributed by atoms with Crippen LogP contribution in [0.15, 0.2) is 24.3 Å². The van der Waals surface area contributed by atoms with E-state index in [2.05, 4.69) is 13.2 Å². The van der Waals surface area contributed by atoms with Crippen LogP contribution in [0.1, 0.15) is 26.7 Å². The molecule has 1 spiro atoms. The number of hydrogen-bond donors (Lipinski definition) is 2. The first-order valence-corrected chi connectivity index (χ1v) is 8.88. The average Bonchev–Trinajstić information content (AvgIpc) is 3.27. The molecule has 2 aliphatic carbocycles. The molecule has 8 atom stereocenters. The maximum atomic E-state index is 12.1. The SMILES string of the molecule is C=C(C)C(=O)O[C@H]1C[C@H](O)[C@@]2(CO2)[C@@H]2[C@H]3OC(=O)C(=C)[C@@H]3[C@@H](O)C[C@@]12C. The second kappa shape index (κ2) is 5.41. The average molecular weight is 364 g/mol. The molecule has 2 N–H and O–H groups in total. The quantitative estimate of drug-likeness (QED) is 0.417. The van der Waals surface area contributed by atoms with E-state index in [1.807, 2.05) is 6.92 Å². The molecule has 0 bridgehead atoms. The highest BCUT2D eigenvalue weighted by atomic mass is 16.6. The topological polar surface area (TPSA) is 106 Å². The summed E-state index contributed by atoms with van der Waals surface area (Å²) in [6.45, 7) is 11.2. The van der Waals surface area contributed by atoms with E-state index < -0.39 is 59.2 Å². The molecule has 4 aliphatic rings. The van der Waals surface area contributed by atoms with Crippen LogP contribution in [-0.4, -0.2) is 58.8 Å². The normalized spacial score (nSPS) is 49.2. The van der Waals surface area contributed by atoms with Gasteiger partial charge in [-0.05, 0) is 13.3 Å². The largest absolute Gasteiger partial charge is 0.458 e. The van der Waals surface area contributed by atoms with Gasteiger partial charge in [0, 0.05) is 28.9 Å². The molecule has 0 aromatic carbocycles. The van der Waals surface area contributed by atoms with Gasteiger partial charge in [0.1, 0.15) is 17.8 Å². The first-order valence-electron chi connectivity index (χ1n) is 8.88. The van der Waals surface area contributed by atoms with E-state index in [1.165, 1.54) is 0 Å². The fraction of sp³-hybridized carbons (Fsp3) is 0.684. The van der Waals surface area contributed by atoms with Gasteiger partial charge in [0.05, 0.1) is 24.7 Å². The molecule has 26 heavy (non-hydrogen) atoms. The monoisotopic (exact) mass is 364 g/mol. The van der Waals surface area contributed by atoms with Gasteiger partial charge in [0.15, 0.2) is 0 Å². The van der Waals surface area contributed by atoms with Crippen LogP contribution >= 0.6 is 0 Å². The van der Waals surface area contributed by atoms with Crippen LogP contribution in [0.4, 0.5) is 0 Å². The molecule has 4 fully saturated rings. The molecule has 0 radical (unpaired) electrons. The van der Waals surface area contributed by atoms with Crippen molar-refractivity contribution in [3.63, 3.8) is 0 Å². The van der Waals surface area contributed by atoms with Crippen LogP contribution in [0.3, 0.4) is 0 Å². The molecule has 7 heteroatoms. The predicted octanol–water partition coefficient (Wildman–Crippen LogP) is 0.493. The fourth-order valence-electron chi connectivity index (χ4n) is 5.33. The van der Waals surface area contributed by atoms with Crippen LogP contribution in [0.5, 0.6) is 0 Å². The number of esters is 2. The van der Waals surface area contributed by atoms with Crippen molar-refractivity contribution in [2.45, 2.75) is 56.7 Å². The number of epoxide rings is 1. The van der Waals surface area contributed by atoms with Crippen LogP contribution in [0.25, 0.3) is 0 Å². The Labute approximate surface area is 151 Å². The van der Waals surface area contributed by atoms with Gasteiger partial charge in [-0.25, -0.2) is 9.59 Å². The van der Waals surface area contributed by atoms with E-state index in [9.17, 15) is 19.8 Å². The van der Waals surface area contributed by atoms with Gasteiger partial charge < -0.3 is 24.4 Å². The van der Waals surface area contributed by atoms with Crippen molar-refractivity contribution < 1.29 is 34.0 Å². The van der Waals surface area contributed by atoms with Crippen LogP contribution in [-0.2, 0) is 23.8 Å². The van der Waals surface area contributed by atoms with Crippen LogP contribution in [0, 0.1) is 17.3 Å². The predicted molar refractivity (Wildman–Crippen MR) is 88.7 cm³/mol. The lowest BCUT2D eigenvalue weighted by atomic mass is 9.50. The lowest BCUT2D eigenvalue weighted by Gasteiger charge is -2.57. The molecular weight excluding hydrogens is 340 g/mol. The number of carbonyl (C=O) groups is 2. The third kappa shape index (κ3) is 2.17. The molecule has 142 valence electrons. The van der Waals surface area contributed by atoms with E-state index in [0.29, 0.717) is 13.0 Å². The van der Waals surface area contributed by atoms with E-state index in [1.54, 1.807) is 6.92 Å². The third-order valence-corrected chi connectivity index (χ3v) is 6.70. The van der Waals surface area contributed by atoms with E-state index in [0.717, 1.165) is 0 Å². The highest BCUT2D eigenvalue weighted by molar-refractivity contribution is 5.91. The number of aliphatic hydroxyl groups excluding tert-OH is 2. The third-order valence-electron chi connectivity index (χ3n) is 6.70.